The fourth-order valence-electron chi connectivity index (χ4n) is 6.41. The number of hydrogen-bond donors (Lipinski definition) is 0. The highest BCUT2D eigenvalue weighted by Crippen LogP contribution is 2.21. The number of rotatable bonds is 2. The molecular weight excluding hydrogens is 384 g/mol. The number of benzene rings is 4. The maximum Gasteiger partial charge on any atom is 0.282 e. The van der Waals surface area contributed by atoms with Crippen LogP contribution in [-0.2, 0) is 0 Å². The van der Waals surface area contributed by atoms with E-state index in [0.29, 0.717) is 0 Å². The molecule has 0 radical (unpaired) electrons. The van der Waals surface area contributed by atoms with Crippen molar-refractivity contribution in [3.63, 3.8) is 0 Å². The molecule has 0 spiro atoms. The lowest BCUT2D eigenvalue weighted by Crippen LogP contribution is -2.72. The van der Waals surface area contributed by atoms with Crippen molar-refractivity contribution in [3.8, 4) is 0 Å². The van der Waals surface area contributed by atoms with Crippen LogP contribution in [0.2, 0.25) is 0 Å². The molecule has 0 bridgehead atoms. The largest absolute Gasteiger partial charge is 0.370 e. The van der Waals surface area contributed by atoms with E-state index in [4.69, 9.17) is 0 Å². The van der Waals surface area contributed by atoms with E-state index in [-0.39, 0.29) is 13.7 Å². The summed E-state index contributed by atoms with van der Waals surface area (Å²) in [6, 6.07) is 23.0. The third-order valence-electron chi connectivity index (χ3n) is 7.40. The van der Waals surface area contributed by atoms with E-state index in [9.17, 15) is 0 Å². The Labute approximate surface area is 193 Å². The van der Waals surface area contributed by atoms with Crippen molar-refractivity contribution in [2.24, 2.45) is 0 Å². The summed E-state index contributed by atoms with van der Waals surface area (Å²) in [4.78, 5) is 0. The SMILES string of the molecule is Cc1cc(C)c(B2c3cccc4cccc(c34)B(c3c(C)cc(C)cc3C)N2C)c(C)c1. The highest BCUT2D eigenvalue weighted by Gasteiger charge is 2.42. The molecule has 0 aliphatic carbocycles. The van der Waals surface area contributed by atoms with Crippen molar-refractivity contribution >= 4 is 46.3 Å². The van der Waals surface area contributed by atoms with Crippen molar-refractivity contribution in [1.82, 2.24) is 4.72 Å². The molecule has 0 amide bonds. The van der Waals surface area contributed by atoms with E-state index in [1.165, 1.54) is 66.0 Å². The van der Waals surface area contributed by atoms with Gasteiger partial charge in [0.1, 0.15) is 0 Å². The average molecular weight is 415 g/mol. The Morgan fingerprint density at radius 2 is 0.938 bits per heavy atom. The van der Waals surface area contributed by atoms with E-state index in [1.54, 1.807) is 0 Å². The molecule has 0 fully saturated rings. The van der Waals surface area contributed by atoms with E-state index in [1.807, 2.05) is 0 Å². The number of nitrogens with zero attached hydrogens (tertiary/aromatic N) is 1. The molecule has 0 N–H and O–H groups in total. The van der Waals surface area contributed by atoms with E-state index >= 15 is 0 Å². The van der Waals surface area contributed by atoms with E-state index in [0.717, 1.165) is 0 Å². The van der Waals surface area contributed by atoms with Crippen LogP contribution in [0, 0.1) is 41.5 Å². The van der Waals surface area contributed by atoms with Crippen LogP contribution in [0.25, 0.3) is 10.8 Å². The molecular formula is C29H31B2N. The minimum Gasteiger partial charge on any atom is -0.370 e. The van der Waals surface area contributed by atoms with Gasteiger partial charge in [-0.25, -0.2) is 0 Å². The van der Waals surface area contributed by atoms with Crippen molar-refractivity contribution in [2.45, 2.75) is 41.5 Å². The Morgan fingerprint density at radius 1 is 0.562 bits per heavy atom. The average Bonchev–Trinajstić information content (AvgIpc) is 2.71. The molecule has 1 aliphatic heterocycles. The van der Waals surface area contributed by atoms with Crippen LogP contribution in [0.3, 0.4) is 0 Å². The van der Waals surface area contributed by atoms with Gasteiger partial charge in [-0.2, -0.15) is 0 Å². The molecule has 4 aromatic rings. The molecule has 0 atom stereocenters. The van der Waals surface area contributed by atoms with E-state index in [2.05, 4.69) is 114 Å². The van der Waals surface area contributed by atoms with E-state index < -0.39 is 0 Å². The van der Waals surface area contributed by atoms with Gasteiger partial charge in [-0.1, -0.05) is 116 Å². The van der Waals surface area contributed by atoms with Gasteiger partial charge in [0.25, 0.3) is 13.7 Å². The van der Waals surface area contributed by atoms with Gasteiger partial charge in [0.05, 0.1) is 0 Å². The first kappa shape index (κ1) is 21.1. The maximum absolute atomic E-state index is 2.62. The quantitative estimate of drug-likeness (QED) is 0.450. The highest BCUT2D eigenvalue weighted by molar-refractivity contribution is 7.01. The van der Waals surface area contributed by atoms with Gasteiger partial charge < -0.3 is 4.72 Å². The summed E-state index contributed by atoms with van der Waals surface area (Å²) in [6.45, 7) is 14.0. The van der Waals surface area contributed by atoms with Crippen LogP contribution in [0.15, 0.2) is 60.7 Å². The highest BCUT2D eigenvalue weighted by atomic mass is 15.0. The monoisotopic (exact) mass is 415 g/mol. The van der Waals surface area contributed by atoms with Crippen molar-refractivity contribution in [1.29, 1.82) is 0 Å². The lowest BCUT2D eigenvalue weighted by molar-refractivity contribution is 0.832. The Kier molecular flexibility index (Phi) is 5.06. The van der Waals surface area contributed by atoms with Crippen LogP contribution < -0.4 is 21.9 Å². The first-order valence-corrected chi connectivity index (χ1v) is 11.7. The van der Waals surface area contributed by atoms with Gasteiger partial charge in [0.2, 0.25) is 0 Å². The lowest BCUT2D eigenvalue weighted by atomic mass is 9.32. The normalized spacial score (nSPS) is 13.8. The first-order valence-electron chi connectivity index (χ1n) is 11.7. The van der Waals surface area contributed by atoms with Gasteiger partial charge in [-0.15, -0.1) is 0 Å². The second-order valence-corrected chi connectivity index (χ2v) is 9.89. The van der Waals surface area contributed by atoms with Crippen LogP contribution >= 0.6 is 0 Å². The molecule has 5 rings (SSSR count). The summed E-state index contributed by atoms with van der Waals surface area (Å²) in [5.74, 6) is 0. The summed E-state index contributed by atoms with van der Waals surface area (Å²) in [5, 5.41) is 2.77. The zero-order valence-corrected chi connectivity index (χ0v) is 20.4. The lowest BCUT2D eigenvalue weighted by Gasteiger charge is -2.40. The fourth-order valence-corrected chi connectivity index (χ4v) is 6.41. The molecule has 0 saturated heterocycles. The molecule has 0 aromatic heterocycles. The van der Waals surface area contributed by atoms with Gasteiger partial charge in [0, 0.05) is 0 Å². The van der Waals surface area contributed by atoms with Gasteiger partial charge in [-0.05, 0) is 59.4 Å². The predicted octanol–water partition coefficient (Wildman–Crippen LogP) is 3.85. The predicted molar refractivity (Wildman–Crippen MR) is 143 cm³/mol. The standard InChI is InChI=1S/C29H31B2N/c1-18-14-20(3)28(21(4)15-18)30-25-12-8-10-24-11-9-13-26(27(24)25)31(32(30)7)29-22(5)16-19(2)17-23(29)6/h8-17H,1-7H3. The third kappa shape index (κ3) is 3.14. The van der Waals surface area contributed by atoms with Crippen molar-refractivity contribution in [2.75, 3.05) is 7.05 Å². The van der Waals surface area contributed by atoms with Gasteiger partial charge >= 0.3 is 0 Å². The second kappa shape index (κ2) is 7.67. The Balaban J connectivity index is 1.87. The fraction of sp³-hybridized carbons (Fsp3) is 0.241. The number of hydrogen-bond acceptors (Lipinski definition) is 1. The summed E-state index contributed by atoms with van der Waals surface area (Å²) in [7, 11) is 2.32. The molecule has 1 heterocycles. The molecule has 32 heavy (non-hydrogen) atoms. The zero-order chi connectivity index (χ0) is 22.7. The summed E-state index contributed by atoms with van der Waals surface area (Å²) in [5.41, 5.74) is 14.0. The third-order valence-corrected chi connectivity index (χ3v) is 7.40. The molecule has 0 unspecified atom stereocenters. The van der Waals surface area contributed by atoms with Crippen LogP contribution in [0.1, 0.15) is 33.4 Å². The Bertz CT molecular complexity index is 1220. The van der Waals surface area contributed by atoms with Crippen molar-refractivity contribution < 1.29 is 0 Å². The van der Waals surface area contributed by atoms with Crippen LogP contribution in [0.5, 0.6) is 0 Å². The molecule has 4 aromatic carbocycles. The van der Waals surface area contributed by atoms with Crippen molar-refractivity contribution in [3.05, 3.63) is 94.0 Å². The smallest absolute Gasteiger partial charge is 0.282 e. The van der Waals surface area contributed by atoms with Crippen LogP contribution in [-0.4, -0.2) is 25.5 Å². The molecule has 158 valence electrons. The maximum atomic E-state index is 2.62. The zero-order valence-electron chi connectivity index (χ0n) is 20.4. The van der Waals surface area contributed by atoms with Crippen LogP contribution in [0.4, 0.5) is 0 Å². The summed E-state index contributed by atoms with van der Waals surface area (Å²) < 4.78 is 2.62. The summed E-state index contributed by atoms with van der Waals surface area (Å²) in [6.07, 6.45) is 0. The Hall–Kier alpha value is -2.77. The second-order valence-electron chi connectivity index (χ2n) is 9.89. The molecule has 3 heteroatoms. The minimum atomic E-state index is 0.222. The summed E-state index contributed by atoms with van der Waals surface area (Å²) >= 11 is 0. The Morgan fingerprint density at radius 3 is 1.31 bits per heavy atom. The topological polar surface area (TPSA) is 3.24 Å². The number of aryl methyl sites for hydroxylation is 6. The molecule has 0 saturated carbocycles. The van der Waals surface area contributed by atoms with Gasteiger partial charge in [0.15, 0.2) is 0 Å². The first-order chi connectivity index (χ1) is 15.3. The van der Waals surface area contributed by atoms with Gasteiger partial charge in [-0.3, -0.25) is 0 Å². The minimum absolute atomic E-state index is 0.222. The molecule has 1 aliphatic rings. The molecule has 1 nitrogen and oxygen atoms in total.